The maximum Gasteiger partial charge on any atom is 0.123 e. The molecule has 0 fully saturated rings. The summed E-state index contributed by atoms with van der Waals surface area (Å²) in [5.74, 6) is -0.248. The normalized spacial score (nSPS) is 14.8. The van der Waals surface area contributed by atoms with Crippen LogP contribution >= 0.6 is 0 Å². The highest BCUT2D eigenvalue weighted by molar-refractivity contribution is 5.30. The Balaban J connectivity index is 2.93. The third kappa shape index (κ3) is 3.03. The first-order valence-electron chi connectivity index (χ1n) is 5.73. The SMILES string of the molecule is CCOC(CC)C(N)c1cc(F)ccc1C. The summed E-state index contributed by atoms with van der Waals surface area (Å²) < 4.78 is 18.7. The number of nitrogens with two attached hydrogens (primary N) is 1. The van der Waals surface area contributed by atoms with Gasteiger partial charge in [-0.1, -0.05) is 13.0 Å². The van der Waals surface area contributed by atoms with E-state index in [1.165, 1.54) is 12.1 Å². The number of ether oxygens (including phenoxy) is 1. The summed E-state index contributed by atoms with van der Waals surface area (Å²) in [5.41, 5.74) is 7.95. The number of rotatable bonds is 5. The second kappa shape index (κ2) is 5.97. The predicted octanol–water partition coefficient (Wildman–Crippen LogP) is 2.95. The van der Waals surface area contributed by atoms with E-state index in [0.717, 1.165) is 17.5 Å². The largest absolute Gasteiger partial charge is 0.377 e. The molecule has 0 aliphatic heterocycles. The van der Waals surface area contributed by atoms with Crippen LogP contribution in [0.2, 0.25) is 0 Å². The molecule has 1 aromatic carbocycles. The van der Waals surface area contributed by atoms with Crippen molar-refractivity contribution in [1.82, 2.24) is 0 Å². The smallest absolute Gasteiger partial charge is 0.123 e. The van der Waals surface area contributed by atoms with Crippen molar-refractivity contribution < 1.29 is 9.13 Å². The van der Waals surface area contributed by atoms with Crippen LogP contribution in [0.1, 0.15) is 37.4 Å². The molecule has 0 spiro atoms. The average molecular weight is 225 g/mol. The summed E-state index contributed by atoms with van der Waals surface area (Å²) in [5, 5.41) is 0. The van der Waals surface area contributed by atoms with Crippen molar-refractivity contribution >= 4 is 0 Å². The fourth-order valence-electron chi connectivity index (χ4n) is 1.86. The molecule has 16 heavy (non-hydrogen) atoms. The Bertz CT molecular complexity index is 341. The van der Waals surface area contributed by atoms with Crippen molar-refractivity contribution in [1.29, 1.82) is 0 Å². The highest BCUT2D eigenvalue weighted by atomic mass is 19.1. The van der Waals surface area contributed by atoms with Crippen molar-refractivity contribution in [2.45, 2.75) is 39.3 Å². The van der Waals surface area contributed by atoms with E-state index < -0.39 is 0 Å². The summed E-state index contributed by atoms with van der Waals surface area (Å²) in [6.07, 6.45) is 0.774. The van der Waals surface area contributed by atoms with Gasteiger partial charge in [-0.25, -0.2) is 4.39 Å². The molecule has 2 N–H and O–H groups in total. The van der Waals surface area contributed by atoms with E-state index in [9.17, 15) is 4.39 Å². The topological polar surface area (TPSA) is 35.2 Å². The lowest BCUT2D eigenvalue weighted by molar-refractivity contribution is 0.0411. The zero-order valence-electron chi connectivity index (χ0n) is 10.2. The highest BCUT2D eigenvalue weighted by Gasteiger charge is 2.19. The molecule has 0 aliphatic carbocycles. The Morgan fingerprint density at radius 1 is 1.38 bits per heavy atom. The lowest BCUT2D eigenvalue weighted by Crippen LogP contribution is -2.29. The second-order valence-electron chi connectivity index (χ2n) is 3.93. The number of benzene rings is 1. The van der Waals surface area contributed by atoms with E-state index in [-0.39, 0.29) is 18.0 Å². The first-order chi connectivity index (χ1) is 7.60. The van der Waals surface area contributed by atoms with Gasteiger partial charge < -0.3 is 10.5 Å². The van der Waals surface area contributed by atoms with Gasteiger partial charge >= 0.3 is 0 Å². The number of halogens is 1. The summed E-state index contributed by atoms with van der Waals surface area (Å²) in [7, 11) is 0. The zero-order valence-corrected chi connectivity index (χ0v) is 10.2. The lowest BCUT2D eigenvalue weighted by Gasteiger charge is -2.24. The maximum atomic E-state index is 13.2. The summed E-state index contributed by atoms with van der Waals surface area (Å²) in [6.45, 7) is 6.52. The Kier molecular flexibility index (Phi) is 4.90. The average Bonchev–Trinajstić information content (AvgIpc) is 2.28. The van der Waals surface area contributed by atoms with Crippen molar-refractivity contribution in [3.63, 3.8) is 0 Å². The standard InChI is InChI=1S/C13H20FNO/c1-4-12(16-5-2)13(15)11-8-10(14)7-6-9(11)3/h6-8,12-13H,4-5,15H2,1-3H3. The van der Waals surface area contributed by atoms with Crippen LogP contribution in [0.4, 0.5) is 4.39 Å². The molecular weight excluding hydrogens is 205 g/mol. The fourth-order valence-corrected chi connectivity index (χ4v) is 1.86. The minimum Gasteiger partial charge on any atom is -0.377 e. The first-order valence-corrected chi connectivity index (χ1v) is 5.73. The van der Waals surface area contributed by atoms with Gasteiger partial charge in [-0.15, -0.1) is 0 Å². The number of hydrogen-bond acceptors (Lipinski definition) is 2. The van der Waals surface area contributed by atoms with E-state index in [4.69, 9.17) is 10.5 Å². The minimum atomic E-state index is -0.263. The number of hydrogen-bond donors (Lipinski definition) is 1. The van der Waals surface area contributed by atoms with E-state index in [1.807, 2.05) is 20.8 Å². The molecule has 0 radical (unpaired) electrons. The molecule has 0 heterocycles. The summed E-state index contributed by atoms with van der Waals surface area (Å²) in [6, 6.07) is 4.44. The van der Waals surface area contributed by atoms with Gasteiger partial charge in [-0.2, -0.15) is 0 Å². The van der Waals surface area contributed by atoms with Gasteiger partial charge in [0.05, 0.1) is 12.1 Å². The molecule has 2 nitrogen and oxygen atoms in total. The van der Waals surface area contributed by atoms with Crippen molar-refractivity contribution in [2.75, 3.05) is 6.61 Å². The van der Waals surface area contributed by atoms with Crippen LogP contribution in [0, 0.1) is 12.7 Å². The lowest BCUT2D eigenvalue weighted by atomic mass is 9.96. The Hall–Kier alpha value is -0.930. The van der Waals surface area contributed by atoms with Crippen molar-refractivity contribution in [2.24, 2.45) is 5.73 Å². The minimum absolute atomic E-state index is 0.0505. The predicted molar refractivity (Wildman–Crippen MR) is 63.8 cm³/mol. The molecule has 0 saturated heterocycles. The molecule has 2 atom stereocenters. The van der Waals surface area contributed by atoms with Crippen molar-refractivity contribution in [3.8, 4) is 0 Å². The van der Waals surface area contributed by atoms with Gasteiger partial charge in [0.2, 0.25) is 0 Å². The maximum absolute atomic E-state index is 13.2. The Morgan fingerprint density at radius 3 is 2.62 bits per heavy atom. The monoisotopic (exact) mass is 225 g/mol. The molecule has 0 bridgehead atoms. The third-order valence-electron chi connectivity index (χ3n) is 2.78. The second-order valence-corrected chi connectivity index (χ2v) is 3.93. The quantitative estimate of drug-likeness (QED) is 0.836. The molecule has 90 valence electrons. The first kappa shape index (κ1) is 13.1. The third-order valence-corrected chi connectivity index (χ3v) is 2.78. The van der Waals surface area contributed by atoms with Gasteiger partial charge in [0.15, 0.2) is 0 Å². The zero-order chi connectivity index (χ0) is 12.1. The molecule has 0 amide bonds. The van der Waals surface area contributed by atoms with E-state index >= 15 is 0 Å². The van der Waals surface area contributed by atoms with Crippen LogP contribution in [-0.2, 0) is 4.74 Å². The van der Waals surface area contributed by atoms with Gasteiger partial charge in [-0.3, -0.25) is 0 Å². The van der Waals surface area contributed by atoms with E-state index in [2.05, 4.69) is 0 Å². The Morgan fingerprint density at radius 2 is 2.06 bits per heavy atom. The van der Waals surface area contributed by atoms with Gasteiger partial charge in [0.25, 0.3) is 0 Å². The van der Waals surface area contributed by atoms with E-state index in [1.54, 1.807) is 6.07 Å². The van der Waals surface area contributed by atoms with Crippen LogP contribution in [0.15, 0.2) is 18.2 Å². The molecule has 0 aliphatic rings. The summed E-state index contributed by atoms with van der Waals surface area (Å²) >= 11 is 0. The van der Waals surface area contributed by atoms with Crippen LogP contribution < -0.4 is 5.73 Å². The van der Waals surface area contributed by atoms with Crippen LogP contribution in [0.3, 0.4) is 0 Å². The van der Waals surface area contributed by atoms with Crippen LogP contribution in [-0.4, -0.2) is 12.7 Å². The Labute approximate surface area is 96.6 Å². The highest BCUT2D eigenvalue weighted by Crippen LogP contribution is 2.23. The number of aryl methyl sites for hydroxylation is 1. The summed E-state index contributed by atoms with van der Waals surface area (Å²) in [4.78, 5) is 0. The fraction of sp³-hybridized carbons (Fsp3) is 0.538. The molecule has 1 aromatic rings. The molecular formula is C13H20FNO. The van der Waals surface area contributed by atoms with E-state index in [0.29, 0.717) is 6.61 Å². The molecule has 2 unspecified atom stereocenters. The molecule has 0 aromatic heterocycles. The molecule has 0 saturated carbocycles. The van der Waals surface area contributed by atoms with Gasteiger partial charge in [-0.05, 0) is 43.5 Å². The molecule has 1 rings (SSSR count). The van der Waals surface area contributed by atoms with Crippen LogP contribution in [0.5, 0.6) is 0 Å². The van der Waals surface area contributed by atoms with Crippen molar-refractivity contribution in [3.05, 3.63) is 35.1 Å². The van der Waals surface area contributed by atoms with Gasteiger partial charge in [0, 0.05) is 6.61 Å². The molecule has 3 heteroatoms. The van der Waals surface area contributed by atoms with Gasteiger partial charge in [0.1, 0.15) is 5.82 Å². The van der Waals surface area contributed by atoms with Crippen LogP contribution in [0.25, 0.3) is 0 Å².